The highest BCUT2D eigenvalue weighted by Crippen LogP contribution is 2.35. The molecule has 0 saturated carbocycles. The van der Waals surface area contributed by atoms with Crippen LogP contribution in [0.3, 0.4) is 0 Å². The summed E-state index contributed by atoms with van der Waals surface area (Å²) in [7, 11) is 1.92. The van der Waals surface area contributed by atoms with Crippen LogP contribution in [0.15, 0.2) is 34.2 Å². The fourth-order valence-electron chi connectivity index (χ4n) is 3.43. The lowest BCUT2D eigenvalue weighted by molar-refractivity contribution is 0.0531. The largest absolute Gasteiger partial charge is 0.462 e. The number of aromatic nitrogens is 5. The Morgan fingerprint density at radius 3 is 2.75 bits per heavy atom. The second-order valence-electron chi connectivity index (χ2n) is 7.35. The number of aromatic amines is 1. The van der Waals surface area contributed by atoms with Crippen LogP contribution in [0.25, 0.3) is 21.6 Å². The van der Waals surface area contributed by atoms with Crippen molar-refractivity contribution in [3.05, 3.63) is 56.4 Å². The Morgan fingerprint density at radius 2 is 2.03 bits per heavy atom. The normalized spacial score (nSPS) is 12.3. The third kappa shape index (κ3) is 3.95. The second-order valence-corrected chi connectivity index (χ2v) is 9.66. The number of carbonyl (C=O) groups excluding carboxylic acids is 1. The van der Waals surface area contributed by atoms with Crippen molar-refractivity contribution in [1.29, 1.82) is 0 Å². The van der Waals surface area contributed by atoms with Gasteiger partial charge in [0.25, 0.3) is 5.56 Å². The molecule has 1 atom stereocenters. The molecule has 0 aliphatic rings. The molecule has 0 fully saturated rings. The molecule has 3 aromatic heterocycles. The number of nitrogens with one attached hydrogen (secondary N) is 1. The summed E-state index contributed by atoms with van der Waals surface area (Å²) < 4.78 is 7.04. The van der Waals surface area contributed by atoms with E-state index in [9.17, 15) is 9.59 Å². The Hall–Kier alpha value is -2.98. The molecule has 8 nitrogen and oxygen atoms in total. The average molecular weight is 470 g/mol. The zero-order valence-corrected chi connectivity index (χ0v) is 20.1. The van der Waals surface area contributed by atoms with Gasteiger partial charge in [-0.05, 0) is 38.8 Å². The van der Waals surface area contributed by atoms with Crippen LogP contribution in [0.4, 0.5) is 0 Å². The highest BCUT2D eigenvalue weighted by atomic mass is 32.2. The van der Waals surface area contributed by atoms with Crippen LogP contribution in [0.5, 0.6) is 0 Å². The van der Waals surface area contributed by atoms with E-state index in [0.717, 1.165) is 17.0 Å². The molecule has 0 spiro atoms. The first-order chi connectivity index (χ1) is 15.3. The van der Waals surface area contributed by atoms with Gasteiger partial charge >= 0.3 is 5.97 Å². The third-order valence-corrected chi connectivity index (χ3v) is 7.48. The van der Waals surface area contributed by atoms with Crippen molar-refractivity contribution < 1.29 is 9.53 Å². The number of ether oxygens (including phenoxy) is 1. The predicted molar refractivity (Wildman–Crippen MR) is 126 cm³/mol. The fraction of sp³-hybridized carbons (Fsp3) is 0.318. The van der Waals surface area contributed by atoms with E-state index >= 15 is 0 Å². The average Bonchev–Trinajstić information content (AvgIpc) is 3.29. The van der Waals surface area contributed by atoms with Gasteiger partial charge in [0.15, 0.2) is 11.0 Å². The molecule has 0 bridgehead atoms. The van der Waals surface area contributed by atoms with E-state index < -0.39 is 5.97 Å². The number of thiophene rings is 1. The molecule has 1 unspecified atom stereocenters. The molecule has 4 rings (SSSR count). The van der Waals surface area contributed by atoms with Gasteiger partial charge in [-0.1, -0.05) is 36.0 Å². The highest BCUT2D eigenvalue weighted by Gasteiger charge is 2.23. The van der Waals surface area contributed by atoms with E-state index in [-0.39, 0.29) is 17.4 Å². The van der Waals surface area contributed by atoms with Crippen molar-refractivity contribution in [2.75, 3.05) is 6.61 Å². The van der Waals surface area contributed by atoms with Crippen molar-refractivity contribution in [2.24, 2.45) is 7.05 Å². The zero-order chi connectivity index (χ0) is 23.0. The van der Waals surface area contributed by atoms with Crippen LogP contribution in [0.1, 0.15) is 45.7 Å². The third-order valence-electron chi connectivity index (χ3n) is 5.17. The van der Waals surface area contributed by atoms with Crippen LogP contribution in [0, 0.1) is 13.8 Å². The molecule has 166 valence electrons. The van der Waals surface area contributed by atoms with Crippen molar-refractivity contribution in [3.8, 4) is 11.4 Å². The molecule has 0 radical (unpaired) electrons. The number of rotatable bonds is 6. The Kier molecular flexibility index (Phi) is 6.16. The van der Waals surface area contributed by atoms with Gasteiger partial charge in [0.2, 0.25) is 0 Å². The van der Waals surface area contributed by atoms with Crippen molar-refractivity contribution in [3.63, 3.8) is 0 Å². The van der Waals surface area contributed by atoms with Crippen LogP contribution in [-0.2, 0) is 11.8 Å². The first-order valence-electron chi connectivity index (χ1n) is 10.1. The maximum atomic E-state index is 12.8. The Bertz CT molecular complexity index is 1370. The Labute approximate surface area is 193 Å². The number of esters is 1. The summed E-state index contributed by atoms with van der Waals surface area (Å²) in [5.74, 6) is 0.867. The number of thioether (sulfide) groups is 1. The smallest absolute Gasteiger partial charge is 0.348 e. The molecule has 1 aromatic carbocycles. The zero-order valence-electron chi connectivity index (χ0n) is 18.4. The summed E-state index contributed by atoms with van der Waals surface area (Å²) in [5, 5.41) is 9.67. The lowest BCUT2D eigenvalue weighted by atomic mass is 10.1. The maximum Gasteiger partial charge on any atom is 0.348 e. The minimum Gasteiger partial charge on any atom is -0.462 e. The number of benzene rings is 1. The summed E-state index contributed by atoms with van der Waals surface area (Å²) in [5.41, 5.74) is 2.48. The number of aryl methyl sites for hydroxylation is 2. The van der Waals surface area contributed by atoms with Crippen LogP contribution in [-0.4, -0.2) is 37.3 Å². The van der Waals surface area contributed by atoms with Crippen LogP contribution >= 0.6 is 23.1 Å². The molecule has 32 heavy (non-hydrogen) atoms. The molecule has 0 aliphatic heterocycles. The molecule has 0 saturated heterocycles. The number of H-pyrrole nitrogens is 1. The van der Waals surface area contributed by atoms with Crippen LogP contribution in [0.2, 0.25) is 0 Å². The summed E-state index contributed by atoms with van der Waals surface area (Å²) >= 11 is 2.64. The molecule has 4 aromatic rings. The van der Waals surface area contributed by atoms with E-state index in [2.05, 4.69) is 20.2 Å². The predicted octanol–water partition coefficient (Wildman–Crippen LogP) is 4.43. The second kappa shape index (κ2) is 8.87. The molecule has 1 N–H and O–H groups in total. The van der Waals surface area contributed by atoms with Crippen LogP contribution < -0.4 is 5.56 Å². The van der Waals surface area contributed by atoms with E-state index in [1.165, 1.54) is 23.1 Å². The number of nitrogens with zero attached hydrogens (tertiary/aromatic N) is 4. The number of hydrogen-bond acceptors (Lipinski definition) is 8. The van der Waals surface area contributed by atoms with Gasteiger partial charge < -0.3 is 14.3 Å². The van der Waals surface area contributed by atoms with E-state index in [1.807, 2.05) is 49.7 Å². The molecule has 0 aliphatic carbocycles. The Balaban J connectivity index is 1.65. The molecular formula is C22H23N5O3S2. The maximum absolute atomic E-state index is 12.8. The van der Waals surface area contributed by atoms with Crippen molar-refractivity contribution >= 4 is 39.3 Å². The minimum atomic E-state index is -0.431. The minimum absolute atomic E-state index is 0.187. The number of hydrogen-bond donors (Lipinski definition) is 1. The first-order valence-corrected chi connectivity index (χ1v) is 11.8. The van der Waals surface area contributed by atoms with E-state index in [4.69, 9.17) is 4.74 Å². The van der Waals surface area contributed by atoms with Gasteiger partial charge in [0.1, 0.15) is 15.5 Å². The number of fused-ring (bicyclic) bond motifs is 1. The molecule has 0 amide bonds. The van der Waals surface area contributed by atoms with Crippen molar-refractivity contribution in [1.82, 2.24) is 24.7 Å². The highest BCUT2D eigenvalue weighted by molar-refractivity contribution is 7.99. The monoisotopic (exact) mass is 469 g/mol. The van der Waals surface area contributed by atoms with Gasteiger partial charge in [-0.15, -0.1) is 21.5 Å². The summed E-state index contributed by atoms with van der Waals surface area (Å²) in [6, 6.07) is 8.02. The van der Waals surface area contributed by atoms with E-state index in [0.29, 0.717) is 31.6 Å². The number of carbonyl (C=O) groups is 1. The van der Waals surface area contributed by atoms with Gasteiger partial charge in [0, 0.05) is 12.6 Å². The van der Waals surface area contributed by atoms with Gasteiger partial charge in [-0.2, -0.15) is 0 Å². The molecule has 3 heterocycles. The Morgan fingerprint density at radius 1 is 1.28 bits per heavy atom. The van der Waals surface area contributed by atoms with Gasteiger partial charge in [-0.25, -0.2) is 9.78 Å². The quantitative estimate of drug-likeness (QED) is 0.329. The standard InChI is InChI=1S/C22H23N5O3S2/c1-6-30-21(29)16-12(3)15-19(28)23-17(24-20(15)32-16)13(4)31-22-26-25-18(27(22)5)14-10-8-7-9-11(14)2/h7-10,13H,6H2,1-5H3,(H,23,24,28). The fourth-order valence-corrected chi connectivity index (χ4v) is 5.39. The lowest BCUT2D eigenvalue weighted by Gasteiger charge is -2.11. The van der Waals surface area contributed by atoms with E-state index in [1.54, 1.807) is 13.8 Å². The van der Waals surface area contributed by atoms with Gasteiger partial charge in [-0.3, -0.25) is 4.79 Å². The molecule has 10 heteroatoms. The lowest BCUT2D eigenvalue weighted by Crippen LogP contribution is -2.13. The summed E-state index contributed by atoms with van der Waals surface area (Å²) in [6.45, 7) is 7.75. The summed E-state index contributed by atoms with van der Waals surface area (Å²) in [6.07, 6.45) is 0. The van der Waals surface area contributed by atoms with Gasteiger partial charge in [0.05, 0.1) is 17.2 Å². The van der Waals surface area contributed by atoms with Crippen molar-refractivity contribution in [2.45, 2.75) is 38.1 Å². The topological polar surface area (TPSA) is 103 Å². The SMILES string of the molecule is CCOC(=O)c1sc2nc(C(C)Sc3nnc(-c4ccccc4C)n3C)[nH]c(=O)c2c1C. The first kappa shape index (κ1) is 22.2. The molecular weight excluding hydrogens is 446 g/mol. The summed E-state index contributed by atoms with van der Waals surface area (Å²) in [4.78, 5) is 33.4.